The van der Waals surface area contributed by atoms with E-state index in [4.69, 9.17) is 0 Å². The lowest BCUT2D eigenvalue weighted by molar-refractivity contribution is -0.384. The lowest BCUT2D eigenvalue weighted by atomic mass is 10.2. The van der Waals surface area contributed by atoms with Gasteiger partial charge in [-0.05, 0) is 36.8 Å². The first-order chi connectivity index (χ1) is 9.72. The van der Waals surface area contributed by atoms with Crippen molar-refractivity contribution in [2.45, 2.75) is 18.1 Å². The number of non-ortho nitro benzene ring substituents is 1. The SMILES string of the molecule is O=[N+]([O-])c1ccc2nc(NCC3CCCS3)ccc2c1. The summed E-state index contributed by atoms with van der Waals surface area (Å²) in [6.07, 6.45) is 2.56. The van der Waals surface area contributed by atoms with Crippen LogP contribution in [-0.4, -0.2) is 27.5 Å². The van der Waals surface area contributed by atoms with Crippen molar-refractivity contribution in [1.82, 2.24) is 4.98 Å². The topological polar surface area (TPSA) is 68.1 Å². The van der Waals surface area contributed by atoms with Crippen LogP contribution in [0, 0.1) is 10.1 Å². The maximum Gasteiger partial charge on any atom is 0.270 e. The smallest absolute Gasteiger partial charge is 0.270 e. The van der Waals surface area contributed by atoms with Crippen LogP contribution in [0.15, 0.2) is 30.3 Å². The molecule has 1 saturated heterocycles. The van der Waals surface area contributed by atoms with E-state index in [1.807, 2.05) is 23.9 Å². The van der Waals surface area contributed by atoms with E-state index in [1.165, 1.54) is 24.7 Å². The monoisotopic (exact) mass is 289 g/mol. The second-order valence-electron chi connectivity index (χ2n) is 4.85. The molecule has 1 fully saturated rings. The van der Waals surface area contributed by atoms with Crippen LogP contribution in [0.5, 0.6) is 0 Å². The highest BCUT2D eigenvalue weighted by Gasteiger charge is 2.15. The molecular weight excluding hydrogens is 274 g/mol. The molecule has 1 aromatic heterocycles. The van der Waals surface area contributed by atoms with Crippen molar-refractivity contribution in [1.29, 1.82) is 0 Å². The number of rotatable bonds is 4. The van der Waals surface area contributed by atoms with Crippen molar-refractivity contribution in [3.05, 3.63) is 40.4 Å². The number of nitrogens with one attached hydrogen (secondary N) is 1. The minimum atomic E-state index is -0.386. The molecule has 1 aliphatic heterocycles. The number of aromatic nitrogens is 1. The summed E-state index contributed by atoms with van der Waals surface area (Å²) in [7, 11) is 0. The first kappa shape index (κ1) is 13.2. The summed E-state index contributed by atoms with van der Waals surface area (Å²) in [4.78, 5) is 14.8. The van der Waals surface area contributed by atoms with Gasteiger partial charge in [0.15, 0.2) is 0 Å². The number of thioether (sulfide) groups is 1. The van der Waals surface area contributed by atoms with Gasteiger partial charge in [-0.25, -0.2) is 4.98 Å². The van der Waals surface area contributed by atoms with E-state index in [-0.39, 0.29) is 10.6 Å². The van der Waals surface area contributed by atoms with Gasteiger partial charge < -0.3 is 5.32 Å². The van der Waals surface area contributed by atoms with E-state index >= 15 is 0 Å². The summed E-state index contributed by atoms with van der Waals surface area (Å²) >= 11 is 2.01. The number of benzene rings is 1. The van der Waals surface area contributed by atoms with Crippen LogP contribution in [0.25, 0.3) is 10.9 Å². The third kappa shape index (κ3) is 2.85. The Morgan fingerprint density at radius 3 is 3.05 bits per heavy atom. The predicted octanol–water partition coefficient (Wildman–Crippen LogP) is 3.45. The molecule has 6 heteroatoms. The molecule has 1 aromatic carbocycles. The molecule has 0 bridgehead atoms. The summed E-state index contributed by atoms with van der Waals surface area (Å²) < 4.78 is 0. The minimum Gasteiger partial charge on any atom is -0.369 e. The van der Waals surface area contributed by atoms with Gasteiger partial charge >= 0.3 is 0 Å². The number of nitro groups is 1. The molecule has 1 N–H and O–H groups in total. The van der Waals surface area contributed by atoms with Crippen LogP contribution in [-0.2, 0) is 0 Å². The summed E-state index contributed by atoms with van der Waals surface area (Å²) in [5.74, 6) is 2.08. The summed E-state index contributed by atoms with van der Waals surface area (Å²) in [5, 5.41) is 15.5. The standard InChI is InChI=1S/C14H15N3O2S/c18-17(19)11-4-5-13-10(8-11)3-6-14(16-13)15-9-12-2-1-7-20-12/h3-6,8,12H,1-2,7,9H2,(H,15,16). The van der Waals surface area contributed by atoms with Gasteiger partial charge in [0.25, 0.3) is 5.69 Å². The zero-order valence-electron chi connectivity index (χ0n) is 10.9. The van der Waals surface area contributed by atoms with Gasteiger partial charge in [-0.2, -0.15) is 11.8 Å². The number of fused-ring (bicyclic) bond motifs is 1. The molecule has 0 aliphatic carbocycles. The molecular formula is C14H15N3O2S. The quantitative estimate of drug-likeness (QED) is 0.689. The number of anilines is 1. The summed E-state index contributed by atoms with van der Waals surface area (Å²) in [6.45, 7) is 0.927. The van der Waals surface area contributed by atoms with E-state index in [0.717, 1.165) is 23.3 Å². The van der Waals surface area contributed by atoms with Gasteiger partial charge in [-0.3, -0.25) is 10.1 Å². The Labute approximate surface area is 120 Å². The summed E-state index contributed by atoms with van der Waals surface area (Å²) in [5.41, 5.74) is 0.877. The molecule has 2 aromatic rings. The van der Waals surface area contributed by atoms with E-state index in [0.29, 0.717) is 5.25 Å². The fourth-order valence-corrected chi connectivity index (χ4v) is 3.55. The van der Waals surface area contributed by atoms with Gasteiger partial charge in [0.05, 0.1) is 10.4 Å². The molecule has 0 spiro atoms. The van der Waals surface area contributed by atoms with E-state index < -0.39 is 0 Å². The van der Waals surface area contributed by atoms with Crippen LogP contribution in [0.3, 0.4) is 0 Å². The van der Waals surface area contributed by atoms with Crippen LogP contribution in [0.1, 0.15) is 12.8 Å². The molecule has 1 aliphatic rings. The van der Waals surface area contributed by atoms with Crippen LogP contribution < -0.4 is 5.32 Å². The van der Waals surface area contributed by atoms with Gasteiger partial charge in [0.1, 0.15) is 5.82 Å². The van der Waals surface area contributed by atoms with Crippen molar-refractivity contribution in [2.24, 2.45) is 0 Å². The van der Waals surface area contributed by atoms with Crippen LogP contribution in [0.4, 0.5) is 11.5 Å². The number of pyridine rings is 1. The van der Waals surface area contributed by atoms with Gasteiger partial charge in [0.2, 0.25) is 0 Å². The van der Waals surface area contributed by atoms with Crippen LogP contribution >= 0.6 is 11.8 Å². The highest BCUT2D eigenvalue weighted by Crippen LogP contribution is 2.26. The highest BCUT2D eigenvalue weighted by atomic mass is 32.2. The lowest BCUT2D eigenvalue weighted by Crippen LogP contribution is -2.14. The Bertz CT molecular complexity index is 641. The molecule has 1 atom stereocenters. The lowest BCUT2D eigenvalue weighted by Gasteiger charge is -2.11. The third-order valence-corrected chi connectivity index (χ3v) is 4.82. The molecule has 0 radical (unpaired) electrons. The van der Waals surface area contributed by atoms with Crippen LogP contribution in [0.2, 0.25) is 0 Å². The second kappa shape index (κ2) is 5.66. The molecule has 0 amide bonds. The third-order valence-electron chi connectivity index (χ3n) is 3.42. The fraction of sp³-hybridized carbons (Fsp3) is 0.357. The average molecular weight is 289 g/mol. The number of nitro benzene ring substituents is 1. The first-order valence-corrected chi connectivity index (χ1v) is 7.68. The first-order valence-electron chi connectivity index (χ1n) is 6.63. The van der Waals surface area contributed by atoms with E-state index in [2.05, 4.69) is 10.3 Å². The Morgan fingerprint density at radius 2 is 2.30 bits per heavy atom. The van der Waals surface area contributed by atoms with Gasteiger partial charge in [-0.15, -0.1) is 0 Å². The zero-order valence-corrected chi connectivity index (χ0v) is 11.7. The predicted molar refractivity (Wildman–Crippen MR) is 82.4 cm³/mol. The minimum absolute atomic E-state index is 0.0994. The Morgan fingerprint density at radius 1 is 1.40 bits per heavy atom. The van der Waals surface area contributed by atoms with Crippen molar-refractivity contribution in [3.63, 3.8) is 0 Å². The largest absolute Gasteiger partial charge is 0.369 e. The molecule has 3 rings (SSSR count). The second-order valence-corrected chi connectivity index (χ2v) is 6.25. The maximum absolute atomic E-state index is 10.7. The van der Waals surface area contributed by atoms with Crippen molar-refractivity contribution >= 4 is 34.2 Å². The highest BCUT2D eigenvalue weighted by molar-refractivity contribution is 8.00. The van der Waals surface area contributed by atoms with Crippen molar-refractivity contribution in [3.8, 4) is 0 Å². The van der Waals surface area contributed by atoms with E-state index in [9.17, 15) is 10.1 Å². The van der Waals surface area contributed by atoms with Gasteiger partial charge in [-0.1, -0.05) is 0 Å². The molecule has 2 heterocycles. The molecule has 104 valence electrons. The van der Waals surface area contributed by atoms with E-state index in [1.54, 1.807) is 12.1 Å². The van der Waals surface area contributed by atoms with Crippen molar-refractivity contribution in [2.75, 3.05) is 17.6 Å². The fourth-order valence-electron chi connectivity index (χ4n) is 2.35. The molecule has 5 nitrogen and oxygen atoms in total. The van der Waals surface area contributed by atoms with Crippen molar-refractivity contribution < 1.29 is 4.92 Å². The molecule has 0 saturated carbocycles. The number of hydrogen-bond donors (Lipinski definition) is 1. The molecule has 1 unspecified atom stereocenters. The Balaban J connectivity index is 1.76. The Kier molecular flexibility index (Phi) is 3.73. The maximum atomic E-state index is 10.7. The average Bonchev–Trinajstić information content (AvgIpc) is 2.97. The molecule has 20 heavy (non-hydrogen) atoms. The Hall–Kier alpha value is -1.82. The summed E-state index contributed by atoms with van der Waals surface area (Å²) in [6, 6.07) is 8.50. The number of nitrogens with zero attached hydrogens (tertiary/aromatic N) is 2. The number of hydrogen-bond acceptors (Lipinski definition) is 5. The zero-order chi connectivity index (χ0) is 13.9. The normalized spacial score (nSPS) is 18.3. The van der Waals surface area contributed by atoms with Gasteiger partial charge in [0, 0.05) is 29.3 Å².